The molecular weight excluding hydrogens is 375 g/mol. The molecule has 0 spiro atoms. The molecule has 2 aliphatic heterocycles. The highest BCUT2D eigenvalue weighted by molar-refractivity contribution is 7.86. The summed E-state index contributed by atoms with van der Waals surface area (Å²) < 4.78 is 29.5. The first-order chi connectivity index (χ1) is 12.6. The predicted molar refractivity (Wildman–Crippen MR) is 96.8 cm³/mol. The van der Waals surface area contributed by atoms with Gasteiger partial charge in [0.05, 0.1) is 0 Å². The standard InChI is InChI=1S/C15H27BN4O6S/c1-18-10-5-12(10)20(13-6-11(13)18)27(25,26)19-7-9(3-2-4-16(23)24)15(17,8-19)14(21)22/h9-13,23-24H,2-8,17H2,1H3,(H,21,22)/t9-,10+,11?,12?,13-,15-/m0/s1. The van der Waals surface area contributed by atoms with Crippen LogP contribution in [0.3, 0.4) is 0 Å². The fourth-order valence-electron chi connectivity index (χ4n) is 4.94. The monoisotopic (exact) mass is 402 g/mol. The highest BCUT2D eigenvalue weighted by Crippen LogP contribution is 2.52. The zero-order valence-corrected chi connectivity index (χ0v) is 16.1. The van der Waals surface area contributed by atoms with Crippen LogP contribution in [-0.2, 0) is 15.0 Å². The second kappa shape index (κ2) is 6.38. The minimum absolute atomic E-state index is 0.0238. The Balaban J connectivity index is 1.51. The number of hydrogen-bond acceptors (Lipinski definition) is 7. The van der Waals surface area contributed by atoms with Crippen molar-refractivity contribution in [3.05, 3.63) is 0 Å². The number of hydrogen-bond donors (Lipinski definition) is 4. The second-order valence-corrected chi connectivity index (χ2v) is 10.3. The Morgan fingerprint density at radius 1 is 1.22 bits per heavy atom. The summed E-state index contributed by atoms with van der Waals surface area (Å²) in [5.41, 5.74) is 4.47. The lowest BCUT2D eigenvalue weighted by Gasteiger charge is -2.33. The molecule has 0 aromatic carbocycles. The van der Waals surface area contributed by atoms with Gasteiger partial charge < -0.3 is 20.9 Å². The first kappa shape index (κ1) is 19.6. The quantitative estimate of drug-likeness (QED) is 0.349. The van der Waals surface area contributed by atoms with E-state index in [9.17, 15) is 18.3 Å². The fraction of sp³-hybridized carbons (Fsp3) is 0.933. The minimum Gasteiger partial charge on any atom is -0.480 e. The number of aliphatic carboxylic acids is 1. The molecule has 0 aromatic rings. The maximum Gasteiger partial charge on any atom is 0.451 e. The van der Waals surface area contributed by atoms with Gasteiger partial charge in [-0.15, -0.1) is 0 Å². The molecule has 5 N–H and O–H groups in total. The summed E-state index contributed by atoms with van der Waals surface area (Å²) in [5.74, 6) is -1.79. The van der Waals surface area contributed by atoms with Crippen LogP contribution in [-0.4, -0.2) is 100 Å². The average Bonchev–Trinajstić information content (AvgIpc) is 3.47. The summed E-state index contributed by atoms with van der Waals surface area (Å²) in [6, 6.07) is 0.471. The number of carbonyl (C=O) groups is 1. The van der Waals surface area contributed by atoms with E-state index in [1.165, 1.54) is 4.31 Å². The zero-order chi connectivity index (χ0) is 19.7. The molecule has 12 heteroatoms. The van der Waals surface area contributed by atoms with E-state index < -0.39 is 34.8 Å². The second-order valence-electron chi connectivity index (χ2n) is 8.49. The summed E-state index contributed by atoms with van der Waals surface area (Å²) in [5, 5.41) is 27.6. The lowest BCUT2D eigenvalue weighted by atomic mass is 9.78. The van der Waals surface area contributed by atoms with Crippen molar-refractivity contribution < 1.29 is 28.4 Å². The molecule has 0 amide bonds. The highest BCUT2D eigenvalue weighted by atomic mass is 32.2. The maximum absolute atomic E-state index is 13.3. The van der Waals surface area contributed by atoms with Gasteiger partial charge in [0.25, 0.3) is 10.2 Å². The van der Waals surface area contributed by atoms with Gasteiger partial charge in [-0.1, -0.05) is 6.42 Å². The summed E-state index contributed by atoms with van der Waals surface area (Å²) in [4.78, 5) is 14.1. The number of carboxylic acids is 1. The first-order valence-electron chi connectivity index (χ1n) is 9.46. The van der Waals surface area contributed by atoms with Gasteiger partial charge in [-0.2, -0.15) is 17.0 Å². The summed E-state index contributed by atoms with van der Waals surface area (Å²) in [6.07, 6.45) is 2.44. The molecule has 2 aliphatic carbocycles. The number of carboxylic acid groups (broad SMARTS) is 1. The van der Waals surface area contributed by atoms with Gasteiger partial charge in [0.2, 0.25) is 0 Å². The molecule has 2 heterocycles. The minimum atomic E-state index is -3.78. The molecule has 4 aliphatic rings. The van der Waals surface area contributed by atoms with E-state index in [2.05, 4.69) is 4.90 Å². The van der Waals surface area contributed by atoms with E-state index >= 15 is 0 Å². The number of fused-ring (bicyclic) bond motifs is 2. The van der Waals surface area contributed by atoms with Crippen molar-refractivity contribution in [3.63, 3.8) is 0 Å². The van der Waals surface area contributed by atoms with Crippen LogP contribution in [0.4, 0.5) is 0 Å². The first-order valence-corrected chi connectivity index (χ1v) is 10.9. The maximum atomic E-state index is 13.3. The van der Waals surface area contributed by atoms with Gasteiger partial charge in [0.1, 0.15) is 5.54 Å². The van der Waals surface area contributed by atoms with Gasteiger partial charge in [-0.3, -0.25) is 9.69 Å². The van der Waals surface area contributed by atoms with Crippen molar-refractivity contribution in [2.24, 2.45) is 11.7 Å². The summed E-state index contributed by atoms with van der Waals surface area (Å²) >= 11 is 0. The smallest absolute Gasteiger partial charge is 0.451 e. The molecule has 152 valence electrons. The van der Waals surface area contributed by atoms with Crippen LogP contribution >= 0.6 is 0 Å². The molecule has 4 fully saturated rings. The molecule has 4 rings (SSSR count). The SMILES string of the molecule is CN1C2C[C@@H]2N(S(=O)(=O)N2C[C@H](CCCB(O)O)[C@](N)(C(=O)O)C2)C2C[C@H]21. The molecule has 2 saturated carbocycles. The van der Waals surface area contributed by atoms with E-state index in [0.717, 1.165) is 12.8 Å². The van der Waals surface area contributed by atoms with Crippen molar-refractivity contribution in [1.82, 2.24) is 13.5 Å². The van der Waals surface area contributed by atoms with Crippen LogP contribution in [0, 0.1) is 5.92 Å². The lowest BCUT2D eigenvalue weighted by Crippen LogP contribution is -2.56. The van der Waals surface area contributed by atoms with Gasteiger partial charge in [0, 0.05) is 43.2 Å². The Hall–Kier alpha value is -0.755. The average molecular weight is 402 g/mol. The third kappa shape index (κ3) is 3.11. The molecule has 0 bridgehead atoms. The van der Waals surface area contributed by atoms with E-state index in [-0.39, 0.29) is 43.6 Å². The van der Waals surface area contributed by atoms with Gasteiger partial charge in [-0.05, 0) is 32.6 Å². The Morgan fingerprint density at radius 3 is 2.33 bits per heavy atom. The fourth-order valence-corrected chi connectivity index (χ4v) is 7.08. The van der Waals surface area contributed by atoms with Crippen LogP contribution in [0.1, 0.15) is 25.7 Å². The van der Waals surface area contributed by atoms with E-state index in [1.807, 2.05) is 7.05 Å². The van der Waals surface area contributed by atoms with Crippen LogP contribution in [0.5, 0.6) is 0 Å². The third-order valence-electron chi connectivity index (χ3n) is 6.74. The van der Waals surface area contributed by atoms with Gasteiger partial charge in [0.15, 0.2) is 0 Å². The van der Waals surface area contributed by atoms with Crippen molar-refractivity contribution in [2.45, 2.75) is 61.7 Å². The molecule has 2 saturated heterocycles. The van der Waals surface area contributed by atoms with E-state index in [0.29, 0.717) is 12.8 Å². The lowest BCUT2D eigenvalue weighted by molar-refractivity contribution is -0.144. The van der Waals surface area contributed by atoms with Crippen LogP contribution < -0.4 is 5.73 Å². The van der Waals surface area contributed by atoms with Crippen molar-refractivity contribution in [1.29, 1.82) is 0 Å². The Bertz CT molecular complexity index is 720. The number of nitrogens with zero attached hydrogens (tertiary/aromatic N) is 3. The third-order valence-corrected chi connectivity index (χ3v) is 8.75. The predicted octanol–water partition coefficient (Wildman–Crippen LogP) is -2.27. The van der Waals surface area contributed by atoms with Gasteiger partial charge >= 0.3 is 13.1 Å². The number of likely N-dealkylation sites (N-methyl/N-ethyl adjacent to an activating group) is 1. The zero-order valence-electron chi connectivity index (χ0n) is 15.3. The molecule has 10 nitrogen and oxygen atoms in total. The van der Waals surface area contributed by atoms with Gasteiger partial charge in [-0.25, -0.2) is 0 Å². The topological polar surface area (TPSA) is 148 Å². The van der Waals surface area contributed by atoms with Crippen LogP contribution in [0.15, 0.2) is 0 Å². The number of rotatable bonds is 7. The molecule has 6 atom stereocenters. The molecule has 27 heavy (non-hydrogen) atoms. The Morgan fingerprint density at radius 2 is 1.81 bits per heavy atom. The largest absolute Gasteiger partial charge is 0.480 e. The van der Waals surface area contributed by atoms with Crippen LogP contribution in [0.25, 0.3) is 0 Å². The molecule has 0 radical (unpaired) electrons. The van der Waals surface area contributed by atoms with E-state index in [1.54, 1.807) is 4.31 Å². The molecule has 2 unspecified atom stereocenters. The van der Waals surface area contributed by atoms with Crippen molar-refractivity contribution in [3.8, 4) is 0 Å². The molecule has 0 aromatic heterocycles. The highest BCUT2D eigenvalue weighted by Gasteiger charge is 2.67. The normalized spacial score (nSPS) is 41.9. The summed E-state index contributed by atoms with van der Waals surface area (Å²) in [6.45, 7) is -0.202. The van der Waals surface area contributed by atoms with E-state index in [4.69, 9.17) is 15.8 Å². The Labute approximate surface area is 159 Å². The van der Waals surface area contributed by atoms with Crippen LogP contribution in [0.2, 0.25) is 6.32 Å². The molecular formula is C15H27BN4O6S. The number of nitrogens with two attached hydrogens (primary N) is 1. The Kier molecular flexibility index (Phi) is 4.62. The van der Waals surface area contributed by atoms with Crippen molar-refractivity contribution >= 4 is 23.3 Å². The summed E-state index contributed by atoms with van der Waals surface area (Å²) in [7, 11) is -3.21. The number of piperazine rings is 1. The van der Waals surface area contributed by atoms with Crippen molar-refractivity contribution in [2.75, 3.05) is 20.1 Å².